The van der Waals surface area contributed by atoms with Crippen LogP contribution in [0, 0.1) is 0 Å². The molecule has 4 heteroatoms. The molecule has 0 aliphatic heterocycles. The summed E-state index contributed by atoms with van der Waals surface area (Å²) in [4.78, 5) is 5.88. The fourth-order valence-corrected chi connectivity index (χ4v) is 2.63. The molecule has 0 aliphatic carbocycles. The van der Waals surface area contributed by atoms with Crippen LogP contribution in [0.1, 0.15) is 12.5 Å². The highest BCUT2D eigenvalue weighted by atomic mass is 32.1. The Balaban J connectivity index is 1.97. The van der Waals surface area contributed by atoms with Gasteiger partial charge in [0, 0.05) is 18.9 Å². The molecule has 0 amide bonds. The Labute approximate surface area is 110 Å². The molecule has 3 nitrogen and oxygen atoms in total. The van der Waals surface area contributed by atoms with E-state index < -0.39 is 0 Å². The summed E-state index contributed by atoms with van der Waals surface area (Å²) < 4.78 is 2.07. The Kier molecular flexibility index (Phi) is 3.13. The fraction of sp³-hybridized carbons (Fsp3) is 0.214. The van der Waals surface area contributed by atoms with E-state index in [9.17, 15) is 0 Å². The van der Waals surface area contributed by atoms with Crippen LogP contribution in [0.2, 0.25) is 0 Å². The zero-order valence-electron chi connectivity index (χ0n) is 10.3. The predicted octanol–water partition coefficient (Wildman–Crippen LogP) is 3.17. The largest absolute Gasteiger partial charge is 0.313 e. The van der Waals surface area contributed by atoms with Gasteiger partial charge >= 0.3 is 0 Å². The molecular weight excluding hydrogens is 242 g/mol. The minimum atomic E-state index is 0.897. The van der Waals surface area contributed by atoms with Crippen LogP contribution in [0.5, 0.6) is 0 Å². The normalized spacial score (nSPS) is 11.2. The second-order valence-electron chi connectivity index (χ2n) is 4.18. The molecule has 0 aromatic carbocycles. The van der Waals surface area contributed by atoms with Crippen molar-refractivity contribution in [2.45, 2.75) is 13.5 Å². The Morgan fingerprint density at radius 2 is 2.33 bits per heavy atom. The topological polar surface area (TPSA) is 29.3 Å². The van der Waals surface area contributed by atoms with Crippen molar-refractivity contribution in [2.75, 3.05) is 6.54 Å². The molecule has 0 spiro atoms. The van der Waals surface area contributed by atoms with Gasteiger partial charge in [-0.3, -0.25) is 0 Å². The summed E-state index contributed by atoms with van der Waals surface area (Å²) >= 11 is 1.72. The van der Waals surface area contributed by atoms with E-state index in [1.807, 2.05) is 0 Å². The van der Waals surface area contributed by atoms with Gasteiger partial charge in [-0.15, -0.1) is 11.3 Å². The number of fused-ring (bicyclic) bond motifs is 1. The Bertz CT molecular complexity index is 640. The lowest BCUT2D eigenvalue weighted by Gasteiger charge is -2.01. The van der Waals surface area contributed by atoms with Crippen LogP contribution in [0.3, 0.4) is 0 Å². The second-order valence-corrected chi connectivity index (χ2v) is 5.13. The van der Waals surface area contributed by atoms with Gasteiger partial charge in [0.15, 0.2) is 0 Å². The average Bonchev–Trinajstić information content (AvgIpc) is 3.03. The number of nitrogens with one attached hydrogen (secondary N) is 1. The molecular formula is C14H15N3S. The monoisotopic (exact) mass is 257 g/mol. The highest BCUT2D eigenvalue weighted by Gasteiger charge is 2.05. The van der Waals surface area contributed by atoms with Crippen molar-refractivity contribution in [2.24, 2.45) is 0 Å². The zero-order chi connectivity index (χ0) is 12.4. The van der Waals surface area contributed by atoms with Crippen LogP contribution in [0.25, 0.3) is 16.2 Å². The van der Waals surface area contributed by atoms with Gasteiger partial charge in [0.05, 0.1) is 10.6 Å². The first kappa shape index (κ1) is 11.4. The van der Waals surface area contributed by atoms with Crippen LogP contribution >= 0.6 is 11.3 Å². The molecule has 0 aliphatic rings. The quantitative estimate of drug-likeness (QED) is 0.778. The van der Waals surface area contributed by atoms with Crippen molar-refractivity contribution in [3.8, 4) is 10.6 Å². The van der Waals surface area contributed by atoms with Crippen LogP contribution in [0.15, 0.2) is 42.0 Å². The summed E-state index contributed by atoms with van der Waals surface area (Å²) in [7, 11) is 0. The van der Waals surface area contributed by atoms with E-state index in [0.29, 0.717) is 0 Å². The number of rotatable bonds is 4. The van der Waals surface area contributed by atoms with Crippen molar-refractivity contribution in [3.63, 3.8) is 0 Å². The number of pyridine rings is 1. The number of aromatic nitrogens is 2. The number of nitrogens with zero attached hydrogens (tertiary/aromatic N) is 2. The van der Waals surface area contributed by atoms with Gasteiger partial charge < -0.3 is 9.72 Å². The molecule has 0 unspecified atom stereocenters. The predicted molar refractivity (Wildman–Crippen MR) is 75.9 cm³/mol. The number of hydrogen-bond acceptors (Lipinski definition) is 3. The van der Waals surface area contributed by atoms with E-state index in [0.717, 1.165) is 24.4 Å². The highest BCUT2D eigenvalue weighted by Crippen LogP contribution is 2.24. The lowest BCUT2D eigenvalue weighted by molar-refractivity contribution is 0.726. The lowest BCUT2D eigenvalue weighted by atomic mass is 10.2. The Morgan fingerprint density at radius 1 is 1.39 bits per heavy atom. The van der Waals surface area contributed by atoms with E-state index in [2.05, 4.69) is 63.7 Å². The zero-order valence-corrected chi connectivity index (χ0v) is 11.1. The molecule has 0 radical (unpaired) electrons. The molecule has 0 bridgehead atoms. The lowest BCUT2D eigenvalue weighted by Crippen LogP contribution is -2.11. The van der Waals surface area contributed by atoms with Gasteiger partial charge in [-0.25, -0.2) is 4.98 Å². The Hall–Kier alpha value is -1.65. The molecule has 3 aromatic heterocycles. The van der Waals surface area contributed by atoms with Crippen molar-refractivity contribution in [1.82, 2.24) is 14.7 Å². The minimum Gasteiger partial charge on any atom is -0.313 e. The van der Waals surface area contributed by atoms with Gasteiger partial charge in [-0.05, 0) is 35.7 Å². The molecule has 0 saturated heterocycles. The van der Waals surface area contributed by atoms with E-state index in [4.69, 9.17) is 0 Å². The minimum absolute atomic E-state index is 0.897. The third kappa shape index (κ3) is 2.17. The van der Waals surface area contributed by atoms with Crippen molar-refractivity contribution < 1.29 is 0 Å². The first-order valence-corrected chi connectivity index (χ1v) is 6.97. The van der Waals surface area contributed by atoms with Crippen LogP contribution in [-0.4, -0.2) is 15.9 Å². The maximum absolute atomic E-state index is 4.67. The SMILES string of the molecule is CCNCc1ccn2cc(-c3cccs3)nc2c1. The summed E-state index contributed by atoms with van der Waals surface area (Å²) in [5.41, 5.74) is 3.33. The first-order chi connectivity index (χ1) is 8.86. The number of thiophene rings is 1. The molecule has 3 heterocycles. The summed E-state index contributed by atoms with van der Waals surface area (Å²) in [6.45, 7) is 4.00. The highest BCUT2D eigenvalue weighted by molar-refractivity contribution is 7.13. The molecule has 92 valence electrons. The third-order valence-corrected chi connectivity index (χ3v) is 3.77. The summed E-state index contributed by atoms with van der Waals surface area (Å²) in [5, 5.41) is 5.41. The van der Waals surface area contributed by atoms with Crippen LogP contribution in [0.4, 0.5) is 0 Å². The fourth-order valence-electron chi connectivity index (χ4n) is 1.95. The Morgan fingerprint density at radius 3 is 3.11 bits per heavy atom. The summed E-state index contributed by atoms with van der Waals surface area (Å²) in [6, 6.07) is 8.43. The second kappa shape index (κ2) is 4.92. The van der Waals surface area contributed by atoms with E-state index in [1.165, 1.54) is 10.4 Å². The van der Waals surface area contributed by atoms with Gasteiger partial charge in [0.2, 0.25) is 0 Å². The van der Waals surface area contributed by atoms with E-state index in [-0.39, 0.29) is 0 Å². The number of hydrogen-bond donors (Lipinski definition) is 1. The van der Waals surface area contributed by atoms with Gasteiger partial charge in [0.25, 0.3) is 0 Å². The standard InChI is InChI=1S/C14H15N3S/c1-2-15-9-11-5-6-17-10-12(16-14(17)8-11)13-4-3-7-18-13/h3-8,10,15H,2,9H2,1H3. The molecule has 0 fully saturated rings. The molecule has 3 rings (SSSR count). The van der Waals surface area contributed by atoms with Crippen molar-refractivity contribution in [3.05, 3.63) is 47.6 Å². The van der Waals surface area contributed by atoms with Gasteiger partial charge in [-0.1, -0.05) is 13.0 Å². The van der Waals surface area contributed by atoms with Gasteiger partial charge in [0.1, 0.15) is 5.65 Å². The summed E-state index contributed by atoms with van der Waals surface area (Å²) in [6.07, 6.45) is 4.16. The van der Waals surface area contributed by atoms with E-state index in [1.54, 1.807) is 11.3 Å². The van der Waals surface area contributed by atoms with Crippen LogP contribution < -0.4 is 5.32 Å². The number of imidazole rings is 1. The first-order valence-electron chi connectivity index (χ1n) is 6.09. The van der Waals surface area contributed by atoms with Gasteiger partial charge in [-0.2, -0.15) is 0 Å². The summed E-state index contributed by atoms with van der Waals surface area (Å²) in [5.74, 6) is 0. The molecule has 0 atom stereocenters. The van der Waals surface area contributed by atoms with Crippen LogP contribution in [-0.2, 0) is 6.54 Å². The third-order valence-electron chi connectivity index (χ3n) is 2.88. The van der Waals surface area contributed by atoms with E-state index >= 15 is 0 Å². The molecule has 3 aromatic rings. The van der Waals surface area contributed by atoms with Crippen molar-refractivity contribution in [1.29, 1.82) is 0 Å². The average molecular weight is 257 g/mol. The molecule has 18 heavy (non-hydrogen) atoms. The molecule has 0 saturated carbocycles. The maximum atomic E-state index is 4.67. The maximum Gasteiger partial charge on any atom is 0.137 e. The molecule has 1 N–H and O–H groups in total. The van der Waals surface area contributed by atoms with Crippen molar-refractivity contribution >= 4 is 17.0 Å². The smallest absolute Gasteiger partial charge is 0.137 e.